The molecule has 8 heteroatoms. The molecule has 0 aliphatic heterocycles. The molecule has 0 radical (unpaired) electrons. The second kappa shape index (κ2) is 6.55. The second-order valence-corrected chi connectivity index (χ2v) is 7.46. The topological polar surface area (TPSA) is 76.4 Å². The van der Waals surface area contributed by atoms with Crippen LogP contribution in [0, 0.1) is 12.3 Å². The summed E-state index contributed by atoms with van der Waals surface area (Å²) in [6.07, 6.45) is 8.67. The summed E-state index contributed by atoms with van der Waals surface area (Å²) < 4.78 is 27.8. The molecule has 0 unspecified atom stereocenters. The average Bonchev–Trinajstić information content (AvgIpc) is 3.07. The zero-order valence-electron chi connectivity index (χ0n) is 12.8. The normalized spacial score (nSPS) is 11.3. The molecule has 0 fully saturated rings. The molecule has 24 heavy (non-hydrogen) atoms. The van der Waals surface area contributed by atoms with Crippen molar-refractivity contribution >= 4 is 33.1 Å². The predicted molar refractivity (Wildman–Crippen MR) is 94.0 cm³/mol. The van der Waals surface area contributed by atoms with Gasteiger partial charge in [-0.25, -0.2) is 13.4 Å². The Morgan fingerprint density at radius 1 is 1.29 bits per heavy atom. The van der Waals surface area contributed by atoms with Crippen LogP contribution < -0.4 is 5.32 Å². The molecule has 0 amide bonds. The van der Waals surface area contributed by atoms with Crippen molar-refractivity contribution in [2.45, 2.75) is 14.8 Å². The maximum Gasteiger partial charge on any atom is 0.212 e. The summed E-state index contributed by atoms with van der Waals surface area (Å²) in [7, 11) is -3.79. The van der Waals surface area contributed by atoms with Crippen molar-refractivity contribution < 1.29 is 8.42 Å². The first-order valence-electron chi connectivity index (χ1n) is 6.99. The van der Waals surface area contributed by atoms with Gasteiger partial charge in [-0.05, 0) is 18.4 Å². The van der Waals surface area contributed by atoms with E-state index >= 15 is 0 Å². The number of rotatable bonds is 5. The van der Waals surface area contributed by atoms with Crippen LogP contribution in [0.4, 0.5) is 5.82 Å². The first-order chi connectivity index (χ1) is 11.6. The fourth-order valence-corrected chi connectivity index (χ4v) is 4.78. The predicted octanol–water partition coefficient (Wildman–Crippen LogP) is 2.33. The number of nitrogens with zero attached hydrogens (tertiary/aromatic N) is 3. The highest BCUT2D eigenvalue weighted by molar-refractivity contribution is 7.99. The van der Waals surface area contributed by atoms with E-state index in [2.05, 4.69) is 21.3 Å². The van der Waals surface area contributed by atoms with Gasteiger partial charge < -0.3 is 5.32 Å². The molecular formula is C16H14N4O2S2. The van der Waals surface area contributed by atoms with Gasteiger partial charge in [0, 0.05) is 6.07 Å². The molecule has 0 aliphatic carbocycles. The number of aromatic nitrogens is 3. The molecule has 1 N–H and O–H groups in total. The van der Waals surface area contributed by atoms with Crippen LogP contribution in [-0.2, 0) is 9.84 Å². The Hall–Kier alpha value is -2.50. The summed E-state index contributed by atoms with van der Waals surface area (Å²) in [4.78, 5) is 4.68. The molecule has 0 atom stereocenters. The van der Waals surface area contributed by atoms with Crippen LogP contribution >= 0.6 is 11.8 Å². The Balaban J connectivity index is 2.35. The number of nitrogens with one attached hydrogen (secondary N) is 1. The van der Waals surface area contributed by atoms with Crippen molar-refractivity contribution in [2.24, 2.45) is 0 Å². The van der Waals surface area contributed by atoms with Crippen LogP contribution in [0.3, 0.4) is 0 Å². The van der Waals surface area contributed by atoms with Crippen molar-refractivity contribution in [3.8, 4) is 12.3 Å². The van der Waals surface area contributed by atoms with Gasteiger partial charge in [0.15, 0.2) is 11.5 Å². The Bertz CT molecular complexity index is 1020. The first-order valence-corrected chi connectivity index (χ1v) is 9.69. The molecule has 0 spiro atoms. The smallest absolute Gasteiger partial charge is 0.212 e. The minimum absolute atomic E-state index is 0.0765. The van der Waals surface area contributed by atoms with Gasteiger partial charge in [-0.2, -0.15) is 9.61 Å². The lowest BCUT2D eigenvalue weighted by Crippen LogP contribution is -2.15. The summed E-state index contributed by atoms with van der Waals surface area (Å²) in [5.41, 5.74) is 0.547. The van der Waals surface area contributed by atoms with Gasteiger partial charge in [0.1, 0.15) is 9.92 Å². The molecule has 122 valence electrons. The highest BCUT2D eigenvalue weighted by Gasteiger charge is 2.28. The van der Waals surface area contributed by atoms with Gasteiger partial charge in [-0.3, -0.25) is 0 Å². The summed E-state index contributed by atoms with van der Waals surface area (Å²) in [5, 5.41) is 7.53. The van der Waals surface area contributed by atoms with E-state index in [1.54, 1.807) is 48.9 Å². The van der Waals surface area contributed by atoms with E-state index < -0.39 is 9.84 Å². The van der Waals surface area contributed by atoms with Gasteiger partial charge in [0.2, 0.25) is 9.84 Å². The van der Waals surface area contributed by atoms with E-state index in [0.717, 1.165) is 0 Å². The number of benzene rings is 1. The monoisotopic (exact) mass is 358 g/mol. The quantitative estimate of drug-likeness (QED) is 0.429. The van der Waals surface area contributed by atoms with E-state index in [9.17, 15) is 8.42 Å². The van der Waals surface area contributed by atoms with Crippen molar-refractivity contribution in [1.29, 1.82) is 0 Å². The van der Waals surface area contributed by atoms with Gasteiger partial charge in [-0.1, -0.05) is 24.1 Å². The van der Waals surface area contributed by atoms with E-state index in [1.807, 2.05) is 0 Å². The minimum Gasteiger partial charge on any atom is -0.358 e. The third-order valence-electron chi connectivity index (χ3n) is 3.33. The van der Waals surface area contributed by atoms with E-state index in [-0.39, 0.29) is 16.3 Å². The minimum atomic E-state index is -3.79. The molecule has 0 saturated heterocycles. The lowest BCUT2D eigenvalue weighted by atomic mass is 10.4. The van der Waals surface area contributed by atoms with Crippen LogP contribution in [0.15, 0.2) is 57.4 Å². The summed E-state index contributed by atoms with van der Waals surface area (Å²) >= 11 is 1.26. The van der Waals surface area contributed by atoms with Gasteiger partial charge in [-0.15, -0.1) is 18.2 Å². The standard InChI is InChI=1S/C16H14N4O2S2/c1-3-10-17-15-14(24(21,22)12-7-5-4-6-8-12)16(23-2)19-13-9-11-18-20(13)15/h1,4-9,11,17H,10H2,2H3. The fourth-order valence-electron chi connectivity index (χ4n) is 2.29. The molecule has 6 nitrogen and oxygen atoms in total. The number of terminal acetylenes is 1. The number of anilines is 1. The largest absolute Gasteiger partial charge is 0.358 e. The van der Waals surface area contributed by atoms with E-state index in [1.165, 1.54) is 16.3 Å². The molecule has 1 aromatic carbocycles. The zero-order chi connectivity index (χ0) is 17.2. The first kappa shape index (κ1) is 16.4. The number of hydrogen-bond acceptors (Lipinski definition) is 6. The van der Waals surface area contributed by atoms with Gasteiger partial charge in [0.25, 0.3) is 0 Å². The Morgan fingerprint density at radius 3 is 2.71 bits per heavy atom. The van der Waals surface area contributed by atoms with Gasteiger partial charge in [0.05, 0.1) is 17.6 Å². The van der Waals surface area contributed by atoms with Crippen LogP contribution in [-0.4, -0.2) is 35.8 Å². The van der Waals surface area contributed by atoms with Crippen molar-refractivity contribution in [2.75, 3.05) is 18.1 Å². The number of fused-ring (bicyclic) bond motifs is 1. The summed E-state index contributed by atoms with van der Waals surface area (Å²) in [6.45, 7) is 0.171. The third kappa shape index (κ3) is 2.72. The molecule has 0 aliphatic rings. The van der Waals surface area contributed by atoms with Crippen LogP contribution in [0.2, 0.25) is 0 Å². The summed E-state index contributed by atoms with van der Waals surface area (Å²) in [5.74, 6) is 2.77. The second-order valence-electron chi connectivity index (χ2n) is 4.77. The number of sulfone groups is 1. The highest BCUT2D eigenvalue weighted by Crippen LogP contribution is 2.34. The summed E-state index contributed by atoms with van der Waals surface area (Å²) in [6, 6.07) is 9.94. The number of thioether (sulfide) groups is 1. The fraction of sp³-hybridized carbons (Fsp3) is 0.125. The highest BCUT2D eigenvalue weighted by atomic mass is 32.2. The van der Waals surface area contributed by atoms with Crippen molar-refractivity contribution in [1.82, 2.24) is 14.6 Å². The van der Waals surface area contributed by atoms with Gasteiger partial charge >= 0.3 is 0 Å². The van der Waals surface area contributed by atoms with Crippen LogP contribution in [0.25, 0.3) is 5.65 Å². The molecular weight excluding hydrogens is 344 g/mol. The van der Waals surface area contributed by atoms with Crippen molar-refractivity contribution in [3.63, 3.8) is 0 Å². The Labute approximate surface area is 144 Å². The molecule has 3 rings (SSSR count). The number of hydrogen-bond donors (Lipinski definition) is 1. The molecule has 2 aromatic heterocycles. The SMILES string of the molecule is C#CCNc1c(S(=O)(=O)c2ccccc2)c(SC)nc2ccnn12. The maximum absolute atomic E-state index is 13.2. The lowest BCUT2D eigenvalue weighted by Gasteiger charge is -2.15. The molecule has 3 aromatic rings. The van der Waals surface area contributed by atoms with Crippen LogP contribution in [0.1, 0.15) is 0 Å². The van der Waals surface area contributed by atoms with Crippen molar-refractivity contribution in [3.05, 3.63) is 42.6 Å². The van der Waals surface area contributed by atoms with E-state index in [4.69, 9.17) is 6.42 Å². The Kier molecular flexibility index (Phi) is 4.46. The molecule has 0 bridgehead atoms. The Morgan fingerprint density at radius 2 is 2.04 bits per heavy atom. The third-order valence-corrected chi connectivity index (χ3v) is 5.96. The lowest BCUT2D eigenvalue weighted by molar-refractivity contribution is 0.592. The average molecular weight is 358 g/mol. The maximum atomic E-state index is 13.2. The molecule has 0 saturated carbocycles. The zero-order valence-corrected chi connectivity index (χ0v) is 14.4. The van der Waals surface area contributed by atoms with E-state index in [0.29, 0.717) is 16.5 Å². The van der Waals surface area contributed by atoms with Crippen LogP contribution in [0.5, 0.6) is 0 Å². The molecule has 2 heterocycles.